The van der Waals surface area contributed by atoms with Crippen molar-refractivity contribution in [3.05, 3.63) is 54.1 Å². The lowest BCUT2D eigenvalue weighted by molar-refractivity contribution is 0.0369. The molecule has 0 spiro atoms. The molecular weight excluding hydrogens is 496 g/mol. The van der Waals surface area contributed by atoms with E-state index in [1.807, 2.05) is 20.8 Å². The van der Waals surface area contributed by atoms with Crippen LogP contribution in [0.25, 0.3) is 0 Å². The number of ether oxygens (including phenoxy) is 1. The maximum absolute atomic E-state index is 13.6. The summed E-state index contributed by atoms with van der Waals surface area (Å²) in [5.41, 5.74) is 0.277. The molecule has 3 N–H and O–H groups in total. The van der Waals surface area contributed by atoms with Gasteiger partial charge in [-0.2, -0.15) is 0 Å². The molecule has 202 valence electrons. The van der Waals surface area contributed by atoms with Gasteiger partial charge in [-0.05, 0) is 45.0 Å². The van der Waals surface area contributed by atoms with Crippen LogP contribution in [-0.4, -0.2) is 80.2 Å². The zero-order chi connectivity index (χ0) is 27.3. The van der Waals surface area contributed by atoms with E-state index in [-0.39, 0.29) is 65.5 Å². The fourth-order valence-electron chi connectivity index (χ4n) is 4.05. The van der Waals surface area contributed by atoms with Gasteiger partial charge >= 0.3 is 6.03 Å². The molecule has 0 fully saturated rings. The number of nitrogens with one attached hydrogen (secondary N) is 2. The van der Waals surface area contributed by atoms with E-state index in [0.29, 0.717) is 0 Å². The maximum atomic E-state index is 13.6. The second-order valence-corrected chi connectivity index (χ2v) is 11.4. The van der Waals surface area contributed by atoms with Gasteiger partial charge in [0.1, 0.15) is 6.10 Å². The van der Waals surface area contributed by atoms with Crippen molar-refractivity contribution in [3.8, 4) is 5.75 Å². The number of carbonyl (C=O) groups is 2. The monoisotopic (exact) mass is 532 g/mol. The maximum Gasteiger partial charge on any atom is 0.317 e. The van der Waals surface area contributed by atoms with Crippen LogP contribution in [0.5, 0.6) is 5.75 Å². The summed E-state index contributed by atoms with van der Waals surface area (Å²) in [4.78, 5) is 29.3. The highest BCUT2D eigenvalue weighted by Gasteiger charge is 2.35. The molecule has 3 rings (SSSR count). The van der Waals surface area contributed by atoms with E-state index in [4.69, 9.17) is 4.74 Å². The molecule has 11 heteroatoms. The van der Waals surface area contributed by atoms with E-state index in [0.717, 1.165) is 0 Å². The molecule has 0 aliphatic carbocycles. The highest BCUT2D eigenvalue weighted by Crippen LogP contribution is 2.36. The summed E-state index contributed by atoms with van der Waals surface area (Å²) < 4.78 is 35.1. The van der Waals surface area contributed by atoms with Crippen LogP contribution in [0.1, 0.15) is 38.1 Å². The number of urea groups is 1. The Morgan fingerprint density at radius 2 is 1.84 bits per heavy atom. The lowest BCUT2D eigenvalue weighted by atomic mass is 9.99. The van der Waals surface area contributed by atoms with Crippen molar-refractivity contribution in [1.29, 1.82) is 0 Å². The molecular formula is C26H36N4O6S. The molecule has 0 unspecified atom stereocenters. The van der Waals surface area contributed by atoms with Gasteiger partial charge in [-0.3, -0.25) is 9.52 Å². The van der Waals surface area contributed by atoms with E-state index in [1.54, 1.807) is 49.2 Å². The first-order chi connectivity index (χ1) is 17.4. The topological polar surface area (TPSA) is 128 Å². The van der Waals surface area contributed by atoms with Gasteiger partial charge in [-0.25, -0.2) is 13.2 Å². The quantitative estimate of drug-likeness (QED) is 0.480. The molecule has 0 aromatic heterocycles. The van der Waals surface area contributed by atoms with E-state index in [2.05, 4.69) is 10.0 Å². The van der Waals surface area contributed by atoms with Crippen LogP contribution in [0.3, 0.4) is 0 Å². The molecule has 2 aromatic rings. The SMILES string of the molecule is CC(C)NC(=O)N(C)C[C@H]1Oc2c(NS(=O)(=O)c3ccccc3)cccc2C(=O)N([C@@H](C)CO)C[C@H]1C. The number of aliphatic hydroxyl groups is 1. The Kier molecular flexibility index (Phi) is 9.03. The minimum Gasteiger partial charge on any atom is -0.485 e. The fourth-order valence-corrected chi connectivity index (χ4v) is 5.14. The molecule has 3 atom stereocenters. The van der Waals surface area contributed by atoms with Crippen molar-refractivity contribution in [2.45, 2.75) is 50.8 Å². The molecule has 3 amide bonds. The molecule has 0 bridgehead atoms. The third-order valence-electron chi connectivity index (χ3n) is 6.20. The number of hydrogen-bond acceptors (Lipinski definition) is 6. The van der Waals surface area contributed by atoms with Crippen LogP contribution in [0.2, 0.25) is 0 Å². The van der Waals surface area contributed by atoms with Gasteiger partial charge in [-0.1, -0.05) is 31.2 Å². The lowest BCUT2D eigenvalue weighted by Crippen LogP contribution is -2.51. The Bertz CT molecular complexity index is 1200. The smallest absolute Gasteiger partial charge is 0.317 e. The predicted octanol–water partition coefficient (Wildman–Crippen LogP) is 2.76. The Morgan fingerprint density at radius 3 is 2.46 bits per heavy atom. The number of fused-ring (bicyclic) bond motifs is 1. The van der Waals surface area contributed by atoms with Crippen molar-refractivity contribution in [1.82, 2.24) is 15.1 Å². The van der Waals surface area contributed by atoms with Gasteiger partial charge in [-0.15, -0.1) is 0 Å². The largest absolute Gasteiger partial charge is 0.485 e. The molecule has 1 aliphatic rings. The van der Waals surface area contributed by atoms with E-state index in [9.17, 15) is 23.1 Å². The molecule has 0 radical (unpaired) electrons. The van der Waals surface area contributed by atoms with Crippen LogP contribution in [0.15, 0.2) is 53.4 Å². The lowest BCUT2D eigenvalue weighted by Gasteiger charge is -2.38. The number of carbonyl (C=O) groups excluding carboxylic acids is 2. The van der Waals surface area contributed by atoms with E-state index < -0.39 is 22.2 Å². The van der Waals surface area contributed by atoms with E-state index in [1.165, 1.54) is 23.1 Å². The van der Waals surface area contributed by atoms with Crippen molar-refractivity contribution in [2.75, 3.05) is 31.5 Å². The standard InChI is InChI=1S/C26H36N4O6S/c1-17(2)27-26(33)29(5)15-23-18(3)14-30(19(4)16-31)25(32)21-12-9-13-22(24(21)36-23)28-37(34,35)20-10-7-6-8-11-20/h6-13,17-19,23,28,31H,14-16H2,1-5H3,(H,27,33)/t18-,19+,23-/m1/s1. The molecule has 0 saturated heterocycles. The van der Waals surface area contributed by atoms with Gasteiger partial charge in [0.25, 0.3) is 15.9 Å². The van der Waals surface area contributed by atoms with Crippen LogP contribution in [-0.2, 0) is 10.0 Å². The van der Waals surface area contributed by atoms with Crippen molar-refractivity contribution in [3.63, 3.8) is 0 Å². The van der Waals surface area contributed by atoms with Gasteiger partial charge in [0.05, 0.1) is 35.3 Å². The van der Waals surface area contributed by atoms with E-state index >= 15 is 0 Å². The Morgan fingerprint density at radius 1 is 1.16 bits per heavy atom. The number of hydrogen-bond donors (Lipinski definition) is 3. The molecule has 10 nitrogen and oxygen atoms in total. The van der Waals surface area contributed by atoms with Crippen LogP contribution < -0.4 is 14.8 Å². The van der Waals surface area contributed by atoms with Gasteiger partial charge in [0, 0.05) is 25.6 Å². The zero-order valence-electron chi connectivity index (χ0n) is 21.8. The highest BCUT2D eigenvalue weighted by molar-refractivity contribution is 7.92. The second-order valence-electron chi connectivity index (χ2n) is 9.71. The predicted molar refractivity (Wildman–Crippen MR) is 141 cm³/mol. The number of rotatable bonds is 8. The molecule has 1 heterocycles. The number of anilines is 1. The molecule has 2 aromatic carbocycles. The van der Waals surface area contributed by atoms with Gasteiger partial charge < -0.3 is 25.0 Å². The summed E-state index contributed by atoms with van der Waals surface area (Å²) >= 11 is 0. The Labute approximate surface area is 218 Å². The zero-order valence-corrected chi connectivity index (χ0v) is 22.7. The van der Waals surface area contributed by atoms with Crippen LogP contribution >= 0.6 is 0 Å². The minimum atomic E-state index is -3.97. The summed E-state index contributed by atoms with van der Waals surface area (Å²) in [6.07, 6.45) is -0.578. The highest BCUT2D eigenvalue weighted by atomic mass is 32.2. The summed E-state index contributed by atoms with van der Waals surface area (Å²) in [6, 6.07) is 11.8. The van der Waals surface area contributed by atoms with Gasteiger partial charge in [0.2, 0.25) is 0 Å². The second kappa shape index (κ2) is 11.8. The number of likely N-dealkylation sites (N-methyl/N-ethyl adjacent to an activating group) is 1. The average Bonchev–Trinajstić information content (AvgIpc) is 2.85. The summed E-state index contributed by atoms with van der Waals surface area (Å²) in [7, 11) is -2.32. The Hall–Kier alpha value is -3.31. The normalized spacial score (nSPS) is 18.8. The molecule has 1 aliphatic heterocycles. The number of para-hydroxylation sites is 1. The fraction of sp³-hybridized carbons (Fsp3) is 0.462. The first-order valence-electron chi connectivity index (χ1n) is 12.3. The third kappa shape index (κ3) is 6.72. The average molecular weight is 533 g/mol. The summed E-state index contributed by atoms with van der Waals surface area (Å²) in [5, 5.41) is 12.7. The van der Waals surface area contributed by atoms with Crippen LogP contribution in [0, 0.1) is 5.92 Å². The first kappa shape index (κ1) is 28.3. The minimum absolute atomic E-state index is 0.0520. The number of aliphatic hydroxyl groups excluding tert-OH is 1. The number of sulfonamides is 1. The van der Waals surface area contributed by atoms with Gasteiger partial charge in [0.15, 0.2) is 5.75 Å². The van der Waals surface area contributed by atoms with Crippen molar-refractivity contribution in [2.24, 2.45) is 5.92 Å². The Balaban J connectivity index is 2.05. The third-order valence-corrected chi connectivity index (χ3v) is 7.58. The summed E-state index contributed by atoms with van der Waals surface area (Å²) in [6.45, 7) is 7.59. The summed E-state index contributed by atoms with van der Waals surface area (Å²) in [5.74, 6) is -0.552. The molecule has 0 saturated carbocycles. The van der Waals surface area contributed by atoms with Crippen molar-refractivity contribution < 1.29 is 27.9 Å². The number of amides is 3. The number of benzene rings is 2. The molecule has 37 heavy (non-hydrogen) atoms. The number of nitrogens with zero attached hydrogens (tertiary/aromatic N) is 2. The van der Waals surface area contributed by atoms with Crippen LogP contribution in [0.4, 0.5) is 10.5 Å². The first-order valence-corrected chi connectivity index (χ1v) is 13.7. The van der Waals surface area contributed by atoms with Crippen molar-refractivity contribution >= 4 is 27.6 Å².